The maximum Gasteiger partial charge on any atom is 0.224 e. The van der Waals surface area contributed by atoms with E-state index in [1.54, 1.807) is 7.11 Å². The van der Waals surface area contributed by atoms with Crippen molar-refractivity contribution in [3.63, 3.8) is 0 Å². The van der Waals surface area contributed by atoms with Crippen LogP contribution in [0.1, 0.15) is 36.4 Å². The number of amides is 1. The van der Waals surface area contributed by atoms with Gasteiger partial charge in [-0.1, -0.05) is 46.6 Å². The highest BCUT2D eigenvalue weighted by Crippen LogP contribution is 2.26. The smallest absolute Gasteiger partial charge is 0.224 e. The molecule has 0 radical (unpaired) electrons. The summed E-state index contributed by atoms with van der Waals surface area (Å²) in [5, 5.41) is 3.15. The average molecular weight is 431 g/mol. The standard InChI is InChI=1S/C22H27BrN2O2/c1-27-20-11-7-18(8-12-20)21(25-13-3-2-4-14-25)16-24-22(26)15-17-5-9-19(23)10-6-17/h5-12,21H,2-4,13-16H2,1H3,(H,24,26). The molecule has 0 saturated carbocycles. The highest BCUT2D eigenvalue weighted by molar-refractivity contribution is 9.10. The molecule has 1 N–H and O–H groups in total. The number of carbonyl (C=O) groups is 1. The molecule has 27 heavy (non-hydrogen) atoms. The van der Waals surface area contributed by atoms with Crippen LogP contribution in [-0.4, -0.2) is 37.6 Å². The number of likely N-dealkylation sites (tertiary alicyclic amines) is 1. The highest BCUT2D eigenvalue weighted by atomic mass is 79.9. The molecule has 5 heteroatoms. The van der Waals surface area contributed by atoms with Gasteiger partial charge in [0, 0.05) is 11.0 Å². The summed E-state index contributed by atoms with van der Waals surface area (Å²) in [6, 6.07) is 16.3. The lowest BCUT2D eigenvalue weighted by atomic mass is 10.0. The molecule has 1 saturated heterocycles. The Labute approximate surface area is 170 Å². The van der Waals surface area contributed by atoms with E-state index in [0.717, 1.165) is 28.9 Å². The molecule has 0 aliphatic carbocycles. The van der Waals surface area contributed by atoms with Gasteiger partial charge in [0.2, 0.25) is 5.91 Å². The average Bonchev–Trinajstić information content (AvgIpc) is 2.71. The molecule has 1 heterocycles. The van der Waals surface area contributed by atoms with E-state index in [9.17, 15) is 4.79 Å². The van der Waals surface area contributed by atoms with Crippen LogP contribution in [-0.2, 0) is 11.2 Å². The van der Waals surface area contributed by atoms with Gasteiger partial charge in [-0.25, -0.2) is 0 Å². The summed E-state index contributed by atoms with van der Waals surface area (Å²) < 4.78 is 6.31. The molecule has 1 amide bonds. The van der Waals surface area contributed by atoms with E-state index in [1.165, 1.54) is 24.8 Å². The first-order valence-electron chi connectivity index (χ1n) is 9.55. The Morgan fingerprint density at radius 2 is 1.74 bits per heavy atom. The number of halogens is 1. The number of piperidine rings is 1. The van der Waals surface area contributed by atoms with Crippen molar-refractivity contribution in [1.29, 1.82) is 0 Å². The molecule has 0 aromatic heterocycles. The molecule has 1 aliphatic heterocycles. The van der Waals surface area contributed by atoms with Gasteiger partial charge in [0.05, 0.1) is 19.6 Å². The molecule has 1 unspecified atom stereocenters. The minimum Gasteiger partial charge on any atom is -0.497 e. The number of rotatable bonds is 7. The number of nitrogens with zero attached hydrogens (tertiary/aromatic N) is 1. The molecule has 2 aromatic rings. The van der Waals surface area contributed by atoms with Crippen LogP contribution in [0.2, 0.25) is 0 Å². The van der Waals surface area contributed by atoms with Gasteiger partial charge in [0.1, 0.15) is 5.75 Å². The summed E-state index contributed by atoms with van der Waals surface area (Å²) in [7, 11) is 1.68. The lowest BCUT2D eigenvalue weighted by Crippen LogP contribution is -2.41. The Kier molecular flexibility index (Phi) is 7.30. The van der Waals surface area contributed by atoms with Crippen LogP contribution in [0.25, 0.3) is 0 Å². The van der Waals surface area contributed by atoms with Crippen molar-refractivity contribution < 1.29 is 9.53 Å². The first-order valence-corrected chi connectivity index (χ1v) is 10.3. The van der Waals surface area contributed by atoms with E-state index in [1.807, 2.05) is 36.4 Å². The molecular formula is C22H27BrN2O2. The molecule has 144 valence electrons. The Morgan fingerprint density at radius 3 is 2.37 bits per heavy atom. The zero-order valence-corrected chi connectivity index (χ0v) is 17.4. The highest BCUT2D eigenvalue weighted by Gasteiger charge is 2.23. The van der Waals surface area contributed by atoms with Crippen LogP contribution >= 0.6 is 15.9 Å². The minimum atomic E-state index is 0.0628. The summed E-state index contributed by atoms with van der Waals surface area (Å²) in [5.41, 5.74) is 2.25. The van der Waals surface area contributed by atoms with Gasteiger partial charge in [-0.05, 0) is 61.3 Å². The first-order chi connectivity index (χ1) is 13.2. The lowest BCUT2D eigenvalue weighted by Gasteiger charge is -2.35. The van der Waals surface area contributed by atoms with E-state index < -0.39 is 0 Å². The molecule has 3 rings (SSSR count). The molecule has 1 fully saturated rings. The number of methoxy groups -OCH3 is 1. The zero-order valence-electron chi connectivity index (χ0n) is 15.8. The SMILES string of the molecule is COc1ccc(C(CNC(=O)Cc2ccc(Br)cc2)N2CCCCC2)cc1. The van der Waals surface area contributed by atoms with E-state index in [4.69, 9.17) is 4.74 Å². The predicted molar refractivity (Wildman–Crippen MR) is 112 cm³/mol. The van der Waals surface area contributed by atoms with Gasteiger partial charge in [-0.3, -0.25) is 9.69 Å². The molecule has 2 aromatic carbocycles. The summed E-state index contributed by atoms with van der Waals surface area (Å²) in [5.74, 6) is 0.920. The second-order valence-corrected chi connectivity index (χ2v) is 7.91. The van der Waals surface area contributed by atoms with Crippen molar-refractivity contribution in [2.24, 2.45) is 0 Å². The van der Waals surface area contributed by atoms with Crippen molar-refractivity contribution in [3.05, 3.63) is 64.1 Å². The quantitative estimate of drug-likeness (QED) is 0.709. The topological polar surface area (TPSA) is 41.6 Å². The van der Waals surface area contributed by atoms with Crippen LogP contribution in [0.4, 0.5) is 0 Å². The third kappa shape index (κ3) is 5.81. The normalized spacial score (nSPS) is 15.9. The Bertz CT molecular complexity index is 725. The van der Waals surface area contributed by atoms with Crippen molar-refractivity contribution in [2.75, 3.05) is 26.7 Å². The van der Waals surface area contributed by atoms with Gasteiger partial charge in [-0.2, -0.15) is 0 Å². The predicted octanol–water partition coefficient (Wildman–Crippen LogP) is 4.34. The number of ether oxygens (including phenoxy) is 1. The fourth-order valence-corrected chi connectivity index (χ4v) is 3.84. The van der Waals surface area contributed by atoms with E-state index in [-0.39, 0.29) is 11.9 Å². The Morgan fingerprint density at radius 1 is 1.07 bits per heavy atom. The number of carbonyl (C=O) groups excluding carboxylic acids is 1. The van der Waals surface area contributed by atoms with E-state index in [0.29, 0.717) is 13.0 Å². The van der Waals surface area contributed by atoms with Crippen molar-refractivity contribution in [2.45, 2.75) is 31.7 Å². The van der Waals surface area contributed by atoms with Gasteiger partial charge < -0.3 is 10.1 Å². The fraction of sp³-hybridized carbons (Fsp3) is 0.409. The monoisotopic (exact) mass is 430 g/mol. The summed E-state index contributed by atoms with van der Waals surface area (Å²) in [4.78, 5) is 14.9. The Balaban J connectivity index is 1.64. The van der Waals surface area contributed by atoms with Gasteiger partial charge >= 0.3 is 0 Å². The van der Waals surface area contributed by atoms with Crippen LogP contribution in [0.15, 0.2) is 53.0 Å². The van der Waals surface area contributed by atoms with Gasteiger partial charge in [0.25, 0.3) is 0 Å². The van der Waals surface area contributed by atoms with Crippen molar-refractivity contribution in [3.8, 4) is 5.75 Å². The third-order valence-electron chi connectivity index (χ3n) is 5.10. The third-order valence-corrected chi connectivity index (χ3v) is 5.63. The molecule has 4 nitrogen and oxygen atoms in total. The summed E-state index contributed by atoms with van der Waals surface area (Å²) in [6.07, 6.45) is 4.14. The van der Waals surface area contributed by atoms with Crippen molar-refractivity contribution >= 4 is 21.8 Å². The molecule has 1 aliphatic rings. The van der Waals surface area contributed by atoms with Crippen LogP contribution in [0.5, 0.6) is 5.75 Å². The summed E-state index contributed by atoms with van der Waals surface area (Å²) in [6.45, 7) is 2.79. The zero-order chi connectivity index (χ0) is 19.1. The second kappa shape index (κ2) is 9.90. The van der Waals surface area contributed by atoms with Gasteiger partial charge in [-0.15, -0.1) is 0 Å². The molecule has 0 spiro atoms. The number of hydrogen-bond acceptors (Lipinski definition) is 3. The number of nitrogens with one attached hydrogen (secondary N) is 1. The van der Waals surface area contributed by atoms with Crippen LogP contribution in [0.3, 0.4) is 0 Å². The fourth-order valence-electron chi connectivity index (χ4n) is 3.57. The maximum absolute atomic E-state index is 12.5. The minimum absolute atomic E-state index is 0.0628. The largest absolute Gasteiger partial charge is 0.497 e. The number of benzene rings is 2. The number of hydrogen-bond donors (Lipinski definition) is 1. The summed E-state index contributed by atoms with van der Waals surface area (Å²) >= 11 is 3.43. The van der Waals surface area contributed by atoms with Crippen LogP contribution in [0, 0.1) is 0 Å². The molecular weight excluding hydrogens is 404 g/mol. The van der Waals surface area contributed by atoms with E-state index in [2.05, 4.69) is 38.3 Å². The second-order valence-electron chi connectivity index (χ2n) is 6.99. The Hall–Kier alpha value is -1.85. The maximum atomic E-state index is 12.5. The van der Waals surface area contributed by atoms with E-state index >= 15 is 0 Å². The van der Waals surface area contributed by atoms with Crippen molar-refractivity contribution in [1.82, 2.24) is 10.2 Å². The lowest BCUT2D eigenvalue weighted by molar-refractivity contribution is -0.120. The molecule has 1 atom stereocenters. The van der Waals surface area contributed by atoms with Gasteiger partial charge in [0.15, 0.2) is 0 Å². The van der Waals surface area contributed by atoms with Crippen LogP contribution < -0.4 is 10.1 Å². The first kappa shape index (κ1) is 19.9. The molecule has 0 bridgehead atoms.